The smallest absolute Gasteiger partial charge is 0.277 e. The second kappa shape index (κ2) is 10.6. The van der Waals surface area contributed by atoms with Gasteiger partial charge in [-0.25, -0.2) is 0 Å². The van der Waals surface area contributed by atoms with Crippen molar-refractivity contribution in [2.24, 2.45) is 0 Å². The molecule has 0 fully saturated rings. The number of carbonyl (C=O) groups excluding carboxylic acids is 1. The molecule has 2 aromatic carbocycles. The maximum atomic E-state index is 13.0. The van der Waals surface area contributed by atoms with Crippen LogP contribution >= 0.6 is 11.8 Å². The zero-order chi connectivity index (χ0) is 24.1. The summed E-state index contributed by atoms with van der Waals surface area (Å²) >= 11 is 1.25. The van der Waals surface area contributed by atoms with E-state index in [0.717, 1.165) is 34.1 Å². The van der Waals surface area contributed by atoms with Crippen LogP contribution in [0.15, 0.2) is 64.2 Å². The van der Waals surface area contributed by atoms with Crippen molar-refractivity contribution in [3.8, 4) is 17.2 Å². The Bertz CT molecular complexity index is 1260. The number of nitrogens with zero attached hydrogens (tertiary/aromatic N) is 3. The van der Waals surface area contributed by atoms with Crippen LogP contribution in [-0.4, -0.2) is 40.0 Å². The molecular formula is C26H27N3O4S. The van der Waals surface area contributed by atoms with E-state index in [2.05, 4.69) is 14.8 Å². The van der Waals surface area contributed by atoms with Gasteiger partial charge in [-0.1, -0.05) is 23.9 Å². The van der Waals surface area contributed by atoms with Crippen LogP contribution in [0, 0.1) is 13.8 Å². The summed E-state index contributed by atoms with van der Waals surface area (Å²) in [6.07, 6.45) is 0.523. The third-order valence-corrected chi connectivity index (χ3v) is 6.25. The fourth-order valence-electron chi connectivity index (χ4n) is 3.79. The molecule has 0 atom stereocenters. The number of rotatable bonds is 10. The molecule has 0 aliphatic rings. The summed E-state index contributed by atoms with van der Waals surface area (Å²) < 4.78 is 18.5. The number of hydrogen-bond donors (Lipinski definition) is 0. The van der Waals surface area contributed by atoms with Gasteiger partial charge in [0.25, 0.3) is 5.22 Å². The average Bonchev–Trinajstić information content (AvgIpc) is 3.42. The lowest BCUT2D eigenvalue weighted by atomic mass is 10.1. The summed E-state index contributed by atoms with van der Waals surface area (Å²) in [5.74, 6) is 2.37. The van der Waals surface area contributed by atoms with Crippen LogP contribution in [0.25, 0.3) is 5.69 Å². The molecule has 8 heteroatoms. The number of carbonyl (C=O) groups is 1. The fourth-order valence-corrected chi connectivity index (χ4v) is 4.46. The summed E-state index contributed by atoms with van der Waals surface area (Å²) in [4.78, 5) is 13.0. The minimum atomic E-state index is 0.0187. The maximum Gasteiger partial charge on any atom is 0.277 e. The highest BCUT2D eigenvalue weighted by atomic mass is 32.2. The number of ether oxygens (including phenoxy) is 2. The minimum absolute atomic E-state index is 0.0187. The van der Waals surface area contributed by atoms with Crippen molar-refractivity contribution in [1.29, 1.82) is 0 Å². The van der Waals surface area contributed by atoms with Gasteiger partial charge in [0.1, 0.15) is 11.5 Å². The second-order valence-corrected chi connectivity index (χ2v) is 8.67. The molecule has 7 nitrogen and oxygen atoms in total. The van der Waals surface area contributed by atoms with E-state index >= 15 is 0 Å². The van der Waals surface area contributed by atoms with Gasteiger partial charge in [-0.2, -0.15) is 0 Å². The van der Waals surface area contributed by atoms with Crippen LogP contribution in [0.4, 0.5) is 0 Å². The van der Waals surface area contributed by atoms with Gasteiger partial charge in [-0.15, -0.1) is 10.2 Å². The van der Waals surface area contributed by atoms with Crippen molar-refractivity contribution in [1.82, 2.24) is 14.8 Å². The maximum absolute atomic E-state index is 13.0. The molecule has 0 spiro atoms. The molecule has 0 radical (unpaired) electrons. The van der Waals surface area contributed by atoms with E-state index in [1.807, 2.05) is 75.4 Å². The van der Waals surface area contributed by atoms with Gasteiger partial charge in [0.2, 0.25) is 5.89 Å². The number of hydrogen-bond acceptors (Lipinski definition) is 7. The van der Waals surface area contributed by atoms with Crippen molar-refractivity contribution < 1.29 is 18.7 Å². The van der Waals surface area contributed by atoms with E-state index in [4.69, 9.17) is 13.9 Å². The van der Waals surface area contributed by atoms with Crippen LogP contribution in [0.5, 0.6) is 11.5 Å². The van der Waals surface area contributed by atoms with Crippen molar-refractivity contribution in [3.63, 3.8) is 0 Å². The zero-order valence-electron chi connectivity index (χ0n) is 19.7. The summed E-state index contributed by atoms with van der Waals surface area (Å²) in [7, 11) is 1.63. The number of thioether (sulfide) groups is 1. The number of ketones is 1. The Labute approximate surface area is 203 Å². The van der Waals surface area contributed by atoms with Gasteiger partial charge >= 0.3 is 0 Å². The minimum Gasteiger partial charge on any atom is -0.497 e. The summed E-state index contributed by atoms with van der Waals surface area (Å²) in [5, 5.41) is 8.57. The van der Waals surface area contributed by atoms with E-state index in [1.165, 1.54) is 11.8 Å². The van der Waals surface area contributed by atoms with Crippen molar-refractivity contribution in [2.45, 2.75) is 32.4 Å². The summed E-state index contributed by atoms with van der Waals surface area (Å²) in [6.45, 7) is 6.54. The Hall–Kier alpha value is -3.52. The topological polar surface area (TPSA) is 79.4 Å². The first-order valence-electron chi connectivity index (χ1n) is 11.0. The molecular weight excluding hydrogens is 450 g/mol. The molecule has 0 aliphatic carbocycles. The molecule has 34 heavy (non-hydrogen) atoms. The van der Waals surface area contributed by atoms with Crippen LogP contribution in [0.3, 0.4) is 0 Å². The van der Waals surface area contributed by atoms with Crippen molar-refractivity contribution in [2.75, 3.05) is 19.5 Å². The van der Waals surface area contributed by atoms with Gasteiger partial charge in [-0.05, 0) is 68.8 Å². The fraction of sp³-hybridized carbons (Fsp3) is 0.269. The van der Waals surface area contributed by atoms with E-state index in [1.54, 1.807) is 7.11 Å². The first-order valence-corrected chi connectivity index (χ1v) is 12.0. The van der Waals surface area contributed by atoms with Crippen LogP contribution in [0.2, 0.25) is 0 Å². The number of benzene rings is 2. The Morgan fingerprint density at radius 3 is 2.41 bits per heavy atom. The van der Waals surface area contributed by atoms with Gasteiger partial charge in [-0.3, -0.25) is 4.79 Å². The normalized spacial score (nSPS) is 10.9. The Morgan fingerprint density at radius 2 is 1.74 bits per heavy atom. The molecule has 4 aromatic rings. The molecule has 0 amide bonds. The Balaban J connectivity index is 1.40. The molecule has 0 bridgehead atoms. The second-order valence-electron chi connectivity index (χ2n) is 7.75. The molecule has 2 aromatic heterocycles. The number of aromatic nitrogens is 3. The highest BCUT2D eigenvalue weighted by Crippen LogP contribution is 2.25. The van der Waals surface area contributed by atoms with Crippen molar-refractivity contribution in [3.05, 3.63) is 83.0 Å². The molecule has 0 aliphatic heterocycles. The monoisotopic (exact) mass is 477 g/mol. The number of methoxy groups -OCH3 is 1. The van der Waals surface area contributed by atoms with Crippen LogP contribution < -0.4 is 9.47 Å². The zero-order valence-corrected chi connectivity index (χ0v) is 20.5. The Morgan fingerprint density at radius 1 is 1.03 bits per heavy atom. The first-order chi connectivity index (χ1) is 16.5. The first kappa shape index (κ1) is 23.6. The largest absolute Gasteiger partial charge is 0.497 e. The van der Waals surface area contributed by atoms with Gasteiger partial charge < -0.3 is 18.5 Å². The quantitative estimate of drug-likeness (QED) is 0.222. The standard InChI is InChI=1S/C26H27N3O4S/c1-5-32-22-12-8-20(9-13-22)29-17(2)14-23(18(29)3)24(30)16-34-26-28-27-25(33-26)15-19-6-10-21(31-4)11-7-19/h6-14H,5,15-16H2,1-4H3. The van der Waals surface area contributed by atoms with Gasteiger partial charge in [0, 0.05) is 22.6 Å². The summed E-state index contributed by atoms with van der Waals surface area (Å²) in [5.41, 5.74) is 4.62. The van der Waals surface area contributed by atoms with E-state index in [-0.39, 0.29) is 11.5 Å². The molecule has 0 N–H and O–H groups in total. The highest BCUT2D eigenvalue weighted by Gasteiger charge is 2.18. The predicted molar refractivity (Wildman–Crippen MR) is 132 cm³/mol. The molecule has 0 saturated carbocycles. The van der Waals surface area contributed by atoms with E-state index < -0.39 is 0 Å². The molecule has 176 valence electrons. The van der Waals surface area contributed by atoms with E-state index in [9.17, 15) is 4.79 Å². The molecule has 0 saturated heterocycles. The molecule has 2 heterocycles. The van der Waals surface area contributed by atoms with Crippen LogP contribution in [0.1, 0.15) is 40.1 Å². The lowest BCUT2D eigenvalue weighted by Gasteiger charge is -2.11. The lowest BCUT2D eigenvalue weighted by molar-refractivity contribution is 0.102. The number of aryl methyl sites for hydroxylation is 1. The van der Waals surface area contributed by atoms with Crippen LogP contribution in [-0.2, 0) is 6.42 Å². The van der Waals surface area contributed by atoms with Gasteiger partial charge in [0.15, 0.2) is 5.78 Å². The SMILES string of the molecule is CCOc1ccc(-n2c(C)cc(C(=O)CSc3nnc(Cc4ccc(OC)cc4)o3)c2C)cc1. The van der Waals surface area contributed by atoms with Gasteiger partial charge in [0.05, 0.1) is 25.9 Å². The molecule has 0 unspecified atom stereocenters. The number of Topliss-reactive ketones (excluding diaryl/α,β-unsaturated/α-hetero) is 1. The molecule has 4 rings (SSSR count). The predicted octanol–water partition coefficient (Wildman–Crippen LogP) is 5.45. The summed E-state index contributed by atoms with van der Waals surface area (Å²) in [6, 6.07) is 17.5. The third-order valence-electron chi connectivity index (χ3n) is 5.43. The van der Waals surface area contributed by atoms with E-state index in [0.29, 0.717) is 29.7 Å². The van der Waals surface area contributed by atoms with Crippen molar-refractivity contribution >= 4 is 17.5 Å². The Kier molecular flexibility index (Phi) is 7.37. The third kappa shape index (κ3) is 5.34. The highest BCUT2D eigenvalue weighted by molar-refractivity contribution is 7.99. The average molecular weight is 478 g/mol. The lowest BCUT2D eigenvalue weighted by Crippen LogP contribution is -2.05.